The molecule has 1 heterocycles. The van der Waals surface area contributed by atoms with Crippen LogP contribution in [0.25, 0.3) is 0 Å². The smallest absolute Gasteiger partial charge is 0.338 e. The quantitative estimate of drug-likeness (QED) is 0.804. The Morgan fingerprint density at radius 3 is 2.48 bits per heavy atom. The van der Waals surface area contributed by atoms with Crippen LogP contribution in [0.5, 0.6) is 0 Å². The summed E-state index contributed by atoms with van der Waals surface area (Å²) >= 11 is 0. The number of aryl methyl sites for hydroxylation is 1. The number of esters is 1. The minimum absolute atomic E-state index is 0.105. The van der Waals surface area contributed by atoms with E-state index in [9.17, 15) is 18.0 Å². The number of primary sulfonamides is 1. The van der Waals surface area contributed by atoms with Gasteiger partial charge in [0.2, 0.25) is 10.0 Å². The Balaban J connectivity index is 1.72. The Kier molecular flexibility index (Phi) is 4.56. The van der Waals surface area contributed by atoms with Crippen LogP contribution in [0.3, 0.4) is 0 Å². The van der Waals surface area contributed by atoms with Crippen molar-refractivity contribution in [3.05, 3.63) is 59.7 Å². The Morgan fingerprint density at radius 1 is 1.12 bits per heavy atom. The Bertz CT molecular complexity index is 922. The fourth-order valence-corrected chi connectivity index (χ4v) is 3.10. The molecule has 3 N–H and O–H groups in total. The third kappa shape index (κ3) is 3.86. The van der Waals surface area contributed by atoms with Gasteiger partial charge in [-0.3, -0.25) is 4.79 Å². The standard InChI is InChI=1S/C17H16N2O5S/c18-25(22,23)13-8-5-12(6-9-13)17(21)24-15-10-7-11-3-1-2-4-14(11)19-16(15)20/h1-6,8-9,15H,7,10H2,(H,19,20)(H2,18,22,23)/t15-/m0/s1. The first-order valence-corrected chi connectivity index (χ1v) is 9.12. The summed E-state index contributed by atoms with van der Waals surface area (Å²) in [7, 11) is -3.83. The second-order valence-corrected chi connectivity index (χ2v) is 7.21. The largest absolute Gasteiger partial charge is 0.449 e. The van der Waals surface area contributed by atoms with E-state index in [1.165, 1.54) is 24.3 Å². The highest BCUT2D eigenvalue weighted by atomic mass is 32.2. The van der Waals surface area contributed by atoms with Gasteiger partial charge >= 0.3 is 5.97 Å². The van der Waals surface area contributed by atoms with E-state index in [0.29, 0.717) is 18.5 Å². The molecule has 0 aliphatic carbocycles. The molecule has 2 aromatic rings. The van der Waals surface area contributed by atoms with Crippen LogP contribution in [0, 0.1) is 0 Å². The van der Waals surface area contributed by atoms with Gasteiger partial charge in [-0.15, -0.1) is 0 Å². The molecule has 0 bridgehead atoms. The van der Waals surface area contributed by atoms with Crippen LogP contribution < -0.4 is 10.5 Å². The van der Waals surface area contributed by atoms with E-state index < -0.39 is 22.1 Å². The van der Waals surface area contributed by atoms with E-state index >= 15 is 0 Å². The Hall–Kier alpha value is -2.71. The van der Waals surface area contributed by atoms with Crippen molar-refractivity contribution < 1.29 is 22.7 Å². The molecule has 8 heteroatoms. The molecule has 0 spiro atoms. The second-order valence-electron chi connectivity index (χ2n) is 5.65. The highest BCUT2D eigenvalue weighted by molar-refractivity contribution is 7.89. The van der Waals surface area contributed by atoms with Gasteiger partial charge in [-0.2, -0.15) is 0 Å². The summed E-state index contributed by atoms with van der Waals surface area (Å²) in [6, 6.07) is 12.4. The molecule has 130 valence electrons. The summed E-state index contributed by atoms with van der Waals surface area (Å²) in [6.07, 6.45) is 0.0407. The van der Waals surface area contributed by atoms with Gasteiger partial charge in [-0.25, -0.2) is 18.4 Å². The average molecular weight is 360 g/mol. The molecule has 3 rings (SSSR count). The van der Waals surface area contributed by atoms with Gasteiger partial charge in [-0.1, -0.05) is 18.2 Å². The molecular formula is C17H16N2O5S. The summed E-state index contributed by atoms with van der Waals surface area (Å²) in [5.74, 6) is -1.09. The van der Waals surface area contributed by atoms with Gasteiger partial charge < -0.3 is 10.1 Å². The number of benzene rings is 2. The number of hydrogen-bond acceptors (Lipinski definition) is 5. The lowest BCUT2D eigenvalue weighted by molar-refractivity contribution is -0.124. The second kappa shape index (κ2) is 6.66. The van der Waals surface area contributed by atoms with Crippen LogP contribution in [-0.4, -0.2) is 26.4 Å². The Labute approximate surface area is 144 Å². The summed E-state index contributed by atoms with van der Waals surface area (Å²) in [6.45, 7) is 0. The lowest BCUT2D eigenvalue weighted by Crippen LogP contribution is -2.31. The van der Waals surface area contributed by atoms with Gasteiger partial charge in [0.15, 0.2) is 6.10 Å². The van der Waals surface area contributed by atoms with Crippen molar-refractivity contribution in [2.24, 2.45) is 5.14 Å². The normalized spacial score (nSPS) is 17.2. The number of hydrogen-bond donors (Lipinski definition) is 2. The summed E-state index contributed by atoms with van der Waals surface area (Å²) in [5, 5.41) is 7.76. The van der Waals surface area contributed by atoms with Crippen LogP contribution >= 0.6 is 0 Å². The number of carbonyl (C=O) groups excluding carboxylic acids is 2. The molecule has 1 atom stereocenters. The fourth-order valence-electron chi connectivity index (χ4n) is 2.58. The van der Waals surface area contributed by atoms with E-state index in [-0.39, 0.29) is 16.4 Å². The number of carbonyl (C=O) groups is 2. The third-order valence-corrected chi connectivity index (χ3v) is 4.84. The van der Waals surface area contributed by atoms with E-state index in [2.05, 4.69) is 5.32 Å². The molecule has 1 aliphatic rings. The first-order chi connectivity index (χ1) is 11.8. The molecule has 2 aromatic carbocycles. The molecule has 1 amide bonds. The average Bonchev–Trinajstić information content (AvgIpc) is 2.73. The molecular weight excluding hydrogens is 344 g/mol. The van der Waals surface area contributed by atoms with Crippen molar-refractivity contribution in [1.82, 2.24) is 0 Å². The van der Waals surface area contributed by atoms with E-state index in [1.54, 1.807) is 6.07 Å². The van der Waals surface area contributed by atoms with Crippen LogP contribution in [0.4, 0.5) is 5.69 Å². The molecule has 25 heavy (non-hydrogen) atoms. The molecule has 7 nitrogen and oxygen atoms in total. The highest BCUT2D eigenvalue weighted by Gasteiger charge is 2.27. The van der Waals surface area contributed by atoms with Crippen molar-refractivity contribution in [1.29, 1.82) is 0 Å². The monoisotopic (exact) mass is 360 g/mol. The van der Waals surface area contributed by atoms with Gasteiger partial charge in [0.25, 0.3) is 5.91 Å². The lowest BCUT2D eigenvalue weighted by Gasteiger charge is -2.14. The Morgan fingerprint density at radius 2 is 1.80 bits per heavy atom. The number of fused-ring (bicyclic) bond motifs is 1. The van der Waals surface area contributed by atoms with Crippen molar-refractivity contribution in [2.45, 2.75) is 23.8 Å². The van der Waals surface area contributed by atoms with Crippen molar-refractivity contribution in [2.75, 3.05) is 5.32 Å². The highest BCUT2D eigenvalue weighted by Crippen LogP contribution is 2.23. The number of ether oxygens (including phenoxy) is 1. The van der Waals surface area contributed by atoms with Crippen molar-refractivity contribution in [3.63, 3.8) is 0 Å². The van der Waals surface area contributed by atoms with Crippen LogP contribution in [-0.2, 0) is 26.0 Å². The maximum absolute atomic E-state index is 12.2. The van der Waals surface area contributed by atoms with Crippen molar-refractivity contribution in [3.8, 4) is 0 Å². The summed E-state index contributed by atoms with van der Waals surface area (Å²) in [4.78, 5) is 24.4. The maximum atomic E-state index is 12.2. The SMILES string of the molecule is NS(=O)(=O)c1ccc(C(=O)O[C@H]2CCc3ccccc3NC2=O)cc1. The van der Waals surface area contributed by atoms with E-state index in [1.807, 2.05) is 18.2 Å². The third-order valence-electron chi connectivity index (χ3n) is 3.91. The molecule has 0 fully saturated rings. The number of rotatable bonds is 3. The maximum Gasteiger partial charge on any atom is 0.338 e. The number of nitrogens with one attached hydrogen (secondary N) is 1. The molecule has 0 saturated heterocycles. The van der Waals surface area contributed by atoms with Gasteiger partial charge in [-0.05, 0) is 48.7 Å². The minimum atomic E-state index is -3.83. The summed E-state index contributed by atoms with van der Waals surface area (Å²) in [5.41, 5.74) is 1.83. The van der Waals surface area contributed by atoms with E-state index in [0.717, 1.165) is 5.56 Å². The van der Waals surface area contributed by atoms with Gasteiger partial charge in [0.1, 0.15) is 0 Å². The zero-order valence-electron chi connectivity index (χ0n) is 13.1. The van der Waals surface area contributed by atoms with Crippen LogP contribution in [0.15, 0.2) is 53.4 Å². The van der Waals surface area contributed by atoms with Crippen LogP contribution in [0.1, 0.15) is 22.3 Å². The van der Waals surface area contributed by atoms with Crippen molar-refractivity contribution >= 4 is 27.6 Å². The lowest BCUT2D eigenvalue weighted by atomic mass is 10.1. The number of para-hydroxylation sites is 1. The fraction of sp³-hybridized carbons (Fsp3) is 0.176. The number of nitrogens with two attached hydrogens (primary N) is 1. The molecule has 0 aromatic heterocycles. The topological polar surface area (TPSA) is 116 Å². The molecule has 0 radical (unpaired) electrons. The van der Waals surface area contributed by atoms with E-state index in [4.69, 9.17) is 9.88 Å². The predicted molar refractivity (Wildman–Crippen MR) is 90.4 cm³/mol. The minimum Gasteiger partial charge on any atom is -0.449 e. The van der Waals surface area contributed by atoms with Crippen LogP contribution in [0.2, 0.25) is 0 Å². The zero-order chi connectivity index (χ0) is 18.0. The van der Waals surface area contributed by atoms with Gasteiger partial charge in [0.05, 0.1) is 10.5 Å². The first-order valence-electron chi connectivity index (χ1n) is 7.57. The first kappa shape index (κ1) is 17.1. The number of amides is 1. The number of sulfonamides is 1. The molecule has 1 aliphatic heterocycles. The number of anilines is 1. The summed E-state index contributed by atoms with van der Waals surface area (Å²) < 4.78 is 27.8. The van der Waals surface area contributed by atoms with Gasteiger partial charge in [0, 0.05) is 5.69 Å². The molecule has 0 saturated carbocycles. The predicted octanol–water partition coefficient (Wildman–Crippen LogP) is 1.44. The zero-order valence-corrected chi connectivity index (χ0v) is 14.0. The molecule has 0 unspecified atom stereocenters.